The zero-order valence-corrected chi connectivity index (χ0v) is 11.8. The molecule has 2 unspecified atom stereocenters. The first kappa shape index (κ1) is 18.7. The molecule has 0 saturated carbocycles. The fraction of sp³-hybridized carbons (Fsp3) is 1.00. The molecule has 7 heteroatoms. The summed E-state index contributed by atoms with van der Waals surface area (Å²) in [5, 5.41) is 22.3. The lowest BCUT2D eigenvalue weighted by Crippen LogP contribution is -2.48. The van der Waals surface area contributed by atoms with Crippen molar-refractivity contribution < 1.29 is 10.2 Å². The van der Waals surface area contributed by atoms with E-state index in [9.17, 15) is 10.2 Å². The highest BCUT2D eigenvalue weighted by atomic mass is 16.4. The Morgan fingerprint density at radius 2 is 1.47 bits per heavy atom. The van der Waals surface area contributed by atoms with Crippen molar-refractivity contribution in [1.82, 2.24) is 10.2 Å². The molecule has 0 spiro atoms. The van der Waals surface area contributed by atoms with Crippen molar-refractivity contribution >= 4 is 0 Å². The highest BCUT2D eigenvalue weighted by Gasteiger charge is 2.19. The third-order valence-corrected chi connectivity index (χ3v) is 2.94. The number of rotatable bonds is 13. The number of unbranched alkanes of at least 4 members (excludes halogenated alkanes) is 1. The quantitative estimate of drug-likeness (QED) is 0.169. The minimum Gasteiger partial charge on any atom is -0.375 e. The molecule has 0 rings (SSSR count). The highest BCUT2D eigenvalue weighted by Crippen LogP contribution is 2.03. The maximum Gasteiger partial charge on any atom is 0.146 e. The third kappa shape index (κ3) is 10.2. The molecule has 0 amide bonds. The summed E-state index contributed by atoms with van der Waals surface area (Å²) in [7, 11) is 0. The standard InChI is InChI=1S/C12H31N5O2/c13-5-3-8-16-7-1-2-9-17(10-4-6-14)12(19)11(15)18/h11-12,16,18-19H,1-10,13-15H2. The predicted molar refractivity (Wildman–Crippen MR) is 77.2 cm³/mol. The largest absolute Gasteiger partial charge is 0.375 e. The second kappa shape index (κ2) is 12.7. The van der Waals surface area contributed by atoms with Crippen LogP contribution in [-0.2, 0) is 0 Å². The molecule has 0 aromatic heterocycles. The van der Waals surface area contributed by atoms with Gasteiger partial charge in [-0.1, -0.05) is 0 Å². The van der Waals surface area contributed by atoms with E-state index in [1.54, 1.807) is 4.90 Å². The number of aliphatic hydroxyl groups is 2. The van der Waals surface area contributed by atoms with Gasteiger partial charge in [-0.2, -0.15) is 0 Å². The molecule has 0 bridgehead atoms. The van der Waals surface area contributed by atoms with Crippen LogP contribution in [-0.4, -0.2) is 66.8 Å². The molecule has 0 radical (unpaired) electrons. The minimum absolute atomic E-state index is 0.560. The molecule has 116 valence electrons. The molecule has 0 aromatic carbocycles. The Morgan fingerprint density at radius 1 is 0.895 bits per heavy atom. The van der Waals surface area contributed by atoms with Crippen molar-refractivity contribution in [1.29, 1.82) is 0 Å². The minimum atomic E-state index is -1.24. The fourth-order valence-electron chi connectivity index (χ4n) is 1.80. The number of hydrogen-bond donors (Lipinski definition) is 6. The van der Waals surface area contributed by atoms with Gasteiger partial charge in [0.2, 0.25) is 0 Å². The molecule has 2 atom stereocenters. The van der Waals surface area contributed by atoms with Crippen molar-refractivity contribution in [3.05, 3.63) is 0 Å². The first-order valence-electron chi connectivity index (χ1n) is 7.10. The summed E-state index contributed by atoms with van der Waals surface area (Å²) >= 11 is 0. The second-order valence-corrected chi connectivity index (χ2v) is 4.68. The zero-order chi connectivity index (χ0) is 14.5. The van der Waals surface area contributed by atoms with Gasteiger partial charge in [-0.15, -0.1) is 0 Å². The van der Waals surface area contributed by atoms with E-state index in [1.165, 1.54) is 0 Å². The topological polar surface area (TPSA) is 134 Å². The number of nitrogens with one attached hydrogen (secondary N) is 1. The lowest BCUT2D eigenvalue weighted by Gasteiger charge is -2.29. The average Bonchev–Trinajstić information content (AvgIpc) is 2.40. The van der Waals surface area contributed by atoms with Gasteiger partial charge >= 0.3 is 0 Å². The van der Waals surface area contributed by atoms with Crippen molar-refractivity contribution in [3.8, 4) is 0 Å². The number of nitrogens with two attached hydrogens (primary N) is 3. The number of aliphatic hydroxyl groups excluding tert-OH is 2. The first-order valence-corrected chi connectivity index (χ1v) is 7.10. The van der Waals surface area contributed by atoms with Gasteiger partial charge < -0.3 is 32.7 Å². The van der Waals surface area contributed by atoms with E-state index in [1.807, 2.05) is 0 Å². The summed E-state index contributed by atoms with van der Waals surface area (Å²) in [6, 6.07) is 0. The Bertz CT molecular complexity index is 195. The number of hydrogen-bond acceptors (Lipinski definition) is 7. The molecular formula is C12H31N5O2. The molecule has 7 nitrogen and oxygen atoms in total. The first-order chi connectivity index (χ1) is 9.13. The Hall–Kier alpha value is -0.280. The lowest BCUT2D eigenvalue weighted by atomic mass is 10.2. The van der Waals surface area contributed by atoms with Crippen molar-refractivity contribution in [2.24, 2.45) is 17.2 Å². The van der Waals surface area contributed by atoms with Crippen molar-refractivity contribution in [3.63, 3.8) is 0 Å². The second-order valence-electron chi connectivity index (χ2n) is 4.68. The van der Waals surface area contributed by atoms with Crippen LogP contribution in [0.2, 0.25) is 0 Å². The van der Waals surface area contributed by atoms with E-state index in [0.717, 1.165) is 38.8 Å². The normalized spacial score (nSPS) is 14.8. The SMILES string of the molecule is NCCCNCCCCN(CCCN)C(O)C(N)O. The maximum absolute atomic E-state index is 9.77. The Kier molecular flexibility index (Phi) is 12.6. The molecule has 0 heterocycles. The zero-order valence-electron chi connectivity index (χ0n) is 11.8. The summed E-state index contributed by atoms with van der Waals surface area (Å²) < 4.78 is 0. The van der Waals surface area contributed by atoms with Gasteiger partial charge in [-0.05, 0) is 51.9 Å². The summed E-state index contributed by atoms with van der Waals surface area (Å²) in [6.07, 6.45) is 1.46. The van der Waals surface area contributed by atoms with Crippen LogP contribution < -0.4 is 22.5 Å². The maximum atomic E-state index is 9.77. The van der Waals surface area contributed by atoms with Gasteiger partial charge in [0, 0.05) is 13.1 Å². The molecule has 0 aliphatic carbocycles. The molecule has 0 aliphatic heterocycles. The van der Waals surface area contributed by atoms with E-state index in [0.29, 0.717) is 26.2 Å². The van der Waals surface area contributed by atoms with Gasteiger partial charge in [0.15, 0.2) is 0 Å². The van der Waals surface area contributed by atoms with Crippen molar-refractivity contribution in [2.75, 3.05) is 39.3 Å². The van der Waals surface area contributed by atoms with Crippen LogP contribution in [0.3, 0.4) is 0 Å². The van der Waals surface area contributed by atoms with Crippen LogP contribution in [0.15, 0.2) is 0 Å². The summed E-state index contributed by atoms with van der Waals surface area (Å²) in [5.74, 6) is 0. The smallest absolute Gasteiger partial charge is 0.146 e. The number of nitrogens with zero attached hydrogens (tertiary/aromatic N) is 1. The van der Waals surface area contributed by atoms with E-state index >= 15 is 0 Å². The van der Waals surface area contributed by atoms with Gasteiger partial charge in [-0.3, -0.25) is 4.90 Å². The molecule has 0 aromatic rings. The molecule has 0 fully saturated rings. The van der Waals surface area contributed by atoms with E-state index in [2.05, 4.69) is 5.32 Å². The molecule has 0 aliphatic rings. The van der Waals surface area contributed by atoms with Gasteiger partial charge in [0.1, 0.15) is 12.5 Å². The van der Waals surface area contributed by atoms with Gasteiger partial charge in [0.25, 0.3) is 0 Å². The Labute approximate surface area is 116 Å². The summed E-state index contributed by atoms with van der Waals surface area (Å²) in [6.45, 7) is 4.50. The lowest BCUT2D eigenvalue weighted by molar-refractivity contribution is -0.0810. The molecular weight excluding hydrogens is 246 g/mol. The Balaban J connectivity index is 3.73. The monoisotopic (exact) mass is 277 g/mol. The fourth-order valence-corrected chi connectivity index (χ4v) is 1.80. The van der Waals surface area contributed by atoms with Crippen LogP contribution >= 0.6 is 0 Å². The van der Waals surface area contributed by atoms with Crippen LogP contribution in [0.1, 0.15) is 25.7 Å². The summed E-state index contributed by atoms with van der Waals surface area (Å²) in [5.41, 5.74) is 16.2. The van der Waals surface area contributed by atoms with Crippen molar-refractivity contribution in [2.45, 2.75) is 38.1 Å². The molecule has 0 saturated heterocycles. The van der Waals surface area contributed by atoms with E-state index < -0.39 is 12.5 Å². The molecule has 19 heavy (non-hydrogen) atoms. The third-order valence-electron chi connectivity index (χ3n) is 2.94. The molecule has 9 N–H and O–H groups in total. The van der Waals surface area contributed by atoms with Crippen LogP contribution in [0, 0.1) is 0 Å². The summed E-state index contributed by atoms with van der Waals surface area (Å²) in [4.78, 5) is 1.78. The van der Waals surface area contributed by atoms with E-state index in [-0.39, 0.29) is 0 Å². The van der Waals surface area contributed by atoms with E-state index in [4.69, 9.17) is 17.2 Å². The average molecular weight is 277 g/mol. The van der Waals surface area contributed by atoms with Gasteiger partial charge in [0.05, 0.1) is 0 Å². The highest BCUT2D eigenvalue weighted by molar-refractivity contribution is 4.66. The van der Waals surface area contributed by atoms with Crippen LogP contribution in [0.25, 0.3) is 0 Å². The van der Waals surface area contributed by atoms with Crippen LogP contribution in [0.5, 0.6) is 0 Å². The Morgan fingerprint density at radius 3 is 2.05 bits per heavy atom. The predicted octanol–water partition coefficient (Wildman–Crippen LogP) is -2.05. The van der Waals surface area contributed by atoms with Crippen LogP contribution in [0.4, 0.5) is 0 Å². The van der Waals surface area contributed by atoms with Gasteiger partial charge in [-0.25, -0.2) is 0 Å².